The lowest BCUT2D eigenvalue weighted by molar-refractivity contribution is 0.101. The molecule has 4 aromatic rings. The molecule has 0 aliphatic rings. The summed E-state index contributed by atoms with van der Waals surface area (Å²) < 4.78 is 5.43. The fourth-order valence-electron chi connectivity index (χ4n) is 2.90. The highest BCUT2D eigenvalue weighted by molar-refractivity contribution is 6.13. The molecule has 2 aromatic carbocycles. The van der Waals surface area contributed by atoms with Crippen LogP contribution in [0.3, 0.4) is 0 Å². The maximum atomic E-state index is 12.9. The average molecular weight is 356 g/mol. The minimum atomic E-state index is -0.253. The number of Topliss-reactive ketones (excluding diaryl/α,β-unsaturated/α-hetero) is 1. The number of rotatable bonds is 4. The molecule has 0 aliphatic heterocycles. The zero-order valence-electron chi connectivity index (χ0n) is 14.6. The summed E-state index contributed by atoms with van der Waals surface area (Å²) in [5.41, 5.74) is 3.02. The normalized spacial score (nSPS) is 10.7. The van der Waals surface area contributed by atoms with Crippen molar-refractivity contribution >= 4 is 28.3 Å². The molecule has 1 amide bonds. The highest BCUT2D eigenvalue weighted by Gasteiger charge is 2.15. The van der Waals surface area contributed by atoms with Gasteiger partial charge < -0.3 is 9.73 Å². The molecule has 5 nitrogen and oxygen atoms in total. The fraction of sp³-hybridized carbons (Fsp3) is 0.0455. The molecule has 2 heterocycles. The predicted molar refractivity (Wildman–Crippen MR) is 104 cm³/mol. The molecular formula is C22H16N2O3. The number of ketones is 1. The zero-order valence-corrected chi connectivity index (χ0v) is 14.6. The Labute approximate surface area is 155 Å². The van der Waals surface area contributed by atoms with Crippen LogP contribution in [0.2, 0.25) is 0 Å². The van der Waals surface area contributed by atoms with Crippen LogP contribution in [0.15, 0.2) is 77.4 Å². The number of aromatic nitrogens is 1. The molecule has 1 N–H and O–H groups in total. The molecule has 0 bridgehead atoms. The van der Waals surface area contributed by atoms with Crippen LogP contribution < -0.4 is 5.32 Å². The third kappa shape index (κ3) is 3.35. The molecule has 4 rings (SSSR count). The first-order valence-electron chi connectivity index (χ1n) is 8.48. The standard InChI is InChI=1S/C22H16N2O3/c1-14(25)15-8-10-16(11-9-15)23-22(26)18-13-20(21-7-4-12-27-21)24-19-6-3-2-5-17(18)19/h2-13H,1H3,(H,23,26). The number of benzene rings is 2. The van der Waals surface area contributed by atoms with Gasteiger partial charge in [0.2, 0.25) is 0 Å². The van der Waals surface area contributed by atoms with Crippen molar-refractivity contribution in [1.29, 1.82) is 0 Å². The Morgan fingerprint density at radius 2 is 1.74 bits per heavy atom. The zero-order chi connectivity index (χ0) is 18.8. The van der Waals surface area contributed by atoms with Gasteiger partial charge in [-0.25, -0.2) is 4.98 Å². The molecule has 0 fully saturated rings. The Morgan fingerprint density at radius 3 is 2.44 bits per heavy atom. The summed E-state index contributed by atoms with van der Waals surface area (Å²) >= 11 is 0. The largest absolute Gasteiger partial charge is 0.463 e. The molecule has 0 saturated carbocycles. The van der Waals surface area contributed by atoms with Gasteiger partial charge in [-0.2, -0.15) is 0 Å². The second kappa shape index (κ2) is 6.88. The van der Waals surface area contributed by atoms with E-state index in [2.05, 4.69) is 10.3 Å². The van der Waals surface area contributed by atoms with Gasteiger partial charge in [-0.15, -0.1) is 0 Å². The van der Waals surface area contributed by atoms with E-state index in [-0.39, 0.29) is 11.7 Å². The van der Waals surface area contributed by atoms with Gasteiger partial charge in [0.1, 0.15) is 5.69 Å². The van der Waals surface area contributed by atoms with Crippen molar-refractivity contribution in [2.45, 2.75) is 6.92 Å². The summed E-state index contributed by atoms with van der Waals surface area (Å²) in [6.45, 7) is 1.51. The molecule has 5 heteroatoms. The van der Waals surface area contributed by atoms with Crippen LogP contribution in [0, 0.1) is 0 Å². The van der Waals surface area contributed by atoms with Gasteiger partial charge in [-0.3, -0.25) is 9.59 Å². The second-order valence-electron chi connectivity index (χ2n) is 6.14. The highest BCUT2D eigenvalue weighted by atomic mass is 16.3. The Morgan fingerprint density at radius 1 is 0.963 bits per heavy atom. The number of anilines is 1. The fourth-order valence-corrected chi connectivity index (χ4v) is 2.90. The van der Waals surface area contributed by atoms with Crippen LogP contribution in [-0.4, -0.2) is 16.7 Å². The molecule has 0 saturated heterocycles. The molecule has 132 valence electrons. The Kier molecular flexibility index (Phi) is 4.26. The summed E-state index contributed by atoms with van der Waals surface area (Å²) in [7, 11) is 0. The number of hydrogen-bond donors (Lipinski definition) is 1. The van der Waals surface area contributed by atoms with E-state index in [4.69, 9.17) is 4.42 Å². The van der Waals surface area contributed by atoms with Crippen molar-refractivity contribution in [3.63, 3.8) is 0 Å². The number of pyridine rings is 1. The van der Waals surface area contributed by atoms with Crippen molar-refractivity contribution < 1.29 is 14.0 Å². The maximum Gasteiger partial charge on any atom is 0.256 e. The molecule has 0 radical (unpaired) electrons. The first-order chi connectivity index (χ1) is 13.1. The van der Waals surface area contributed by atoms with E-state index in [1.165, 1.54) is 6.92 Å². The number of fused-ring (bicyclic) bond motifs is 1. The number of nitrogens with one attached hydrogen (secondary N) is 1. The number of furan rings is 1. The van der Waals surface area contributed by atoms with E-state index in [1.54, 1.807) is 48.7 Å². The van der Waals surface area contributed by atoms with Crippen LogP contribution in [0.1, 0.15) is 27.6 Å². The van der Waals surface area contributed by atoms with E-state index in [0.29, 0.717) is 33.8 Å². The van der Waals surface area contributed by atoms with E-state index in [1.807, 2.05) is 24.3 Å². The Hall–Kier alpha value is -3.73. The lowest BCUT2D eigenvalue weighted by atomic mass is 10.1. The molecule has 0 spiro atoms. The number of carbonyl (C=O) groups excluding carboxylic acids is 2. The molecular weight excluding hydrogens is 340 g/mol. The van der Waals surface area contributed by atoms with E-state index >= 15 is 0 Å². The maximum absolute atomic E-state index is 12.9. The van der Waals surface area contributed by atoms with Crippen LogP contribution in [0.25, 0.3) is 22.4 Å². The summed E-state index contributed by atoms with van der Waals surface area (Å²) in [5, 5.41) is 3.64. The quantitative estimate of drug-likeness (QED) is 0.525. The molecule has 0 unspecified atom stereocenters. The van der Waals surface area contributed by atoms with Crippen molar-refractivity contribution in [1.82, 2.24) is 4.98 Å². The lowest BCUT2D eigenvalue weighted by Crippen LogP contribution is -2.13. The van der Waals surface area contributed by atoms with E-state index in [9.17, 15) is 9.59 Å². The monoisotopic (exact) mass is 356 g/mol. The van der Waals surface area contributed by atoms with E-state index in [0.717, 1.165) is 5.39 Å². The van der Waals surface area contributed by atoms with Crippen LogP contribution in [0.4, 0.5) is 5.69 Å². The lowest BCUT2D eigenvalue weighted by Gasteiger charge is -2.10. The van der Waals surface area contributed by atoms with Gasteiger partial charge in [-0.1, -0.05) is 18.2 Å². The third-order valence-electron chi connectivity index (χ3n) is 4.28. The summed E-state index contributed by atoms with van der Waals surface area (Å²) in [6, 6.07) is 19.6. The summed E-state index contributed by atoms with van der Waals surface area (Å²) in [6.07, 6.45) is 1.57. The second-order valence-corrected chi connectivity index (χ2v) is 6.14. The summed E-state index contributed by atoms with van der Waals surface area (Å²) in [4.78, 5) is 28.9. The minimum absolute atomic E-state index is 0.0175. The number of amides is 1. The molecule has 27 heavy (non-hydrogen) atoms. The van der Waals surface area contributed by atoms with Gasteiger partial charge in [0, 0.05) is 16.6 Å². The molecule has 0 atom stereocenters. The first-order valence-corrected chi connectivity index (χ1v) is 8.48. The highest BCUT2D eigenvalue weighted by Crippen LogP contribution is 2.26. The summed E-state index contributed by atoms with van der Waals surface area (Å²) in [5.74, 6) is 0.327. The molecule has 2 aromatic heterocycles. The van der Waals surface area contributed by atoms with Crippen molar-refractivity contribution in [3.05, 3.63) is 84.1 Å². The Bertz CT molecular complexity index is 1130. The number of para-hydroxylation sites is 1. The van der Waals surface area contributed by atoms with Gasteiger partial charge in [-0.05, 0) is 55.5 Å². The SMILES string of the molecule is CC(=O)c1ccc(NC(=O)c2cc(-c3ccco3)nc3ccccc23)cc1. The smallest absolute Gasteiger partial charge is 0.256 e. The van der Waals surface area contributed by atoms with Crippen LogP contribution >= 0.6 is 0 Å². The number of nitrogens with zero attached hydrogens (tertiary/aromatic N) is 1. The van der Waals surface area contributed by atoms with Crippen LogP contribution in [-0.2, 0) is 0 Å². The predicted octanol–water partition coefficient (Wildman–Crippen LogP) is 4.95. The number of hydrogen-bond acceptors (Lipinski definition) is 4. The van der Waals surface area contributed by atoms with Crippen molar-refractivity contribution in [2.24, 2.45) is 0 Å². The van der Waals surface area contributed by atoms with Gasteiger partial charge in [0.05, 0.1) is 17.3 Å². The third-order valence-corrected chi connectivity index (χ3v) is 4.28. The van der Waals surface area contributed by atoms with Crippen LogP contribution in [0.5, 0.6) is 0 Å². The van der Waals surface area contributed by atoms with Gasteiger partial charge in [0.25, 0.3) is 5.91 Å². The van der Waals surface area contributed by atoms with Gasteiger partial charge >= 0.3 is 0 Å². The minimum Gasteiger partial charge on any atom is -0.463 e. The van der Waals surface area contributed by atoms with Crippen molar-refractivity contribution in [2.75, 3.05) is 5.32 Å². The average Bonchev–Trinajstić information content (AvgIpc) is 3.22. The topological polar surface area (TPSA) is 72.2 Å². The molecule has 0 aliphatic carbocycles. The van der Waals surface area contributed by atoms with E-state index < -0.39 is 0 Å². The van der Waals surface area contributed by atoms with Crippen molar-refractivity contribution in [3.8, 4) is 11.5 Å². The van der Waals surface area contributed by atoms with Gasteiger partial charge in [0.15, 0.2) is 11.5 Å². The number of carbonyl (C=O) groups is 2. The Balaban J connectivity index is 1.73. The first kappa shape index (κ1) is 16.7.